The van der Waals surface area contributed by atoms with E-state index in [1.165, 1.54) is 0 Å². The summed E-state index contributed by atoms with van der Waals surface area (Å²) in [6, 6.07) is 25.8. The Labute approximate surface area is 139 Å². The molecular weight excluding hydrogens is 296 g/mol. The van der Waals surface area contributed by atoms with Gasteiger partial charge in [0.1, 0.15) is 11.4 Å². The van der Waals surface area contributed by atoms with E-state index in [9.17, 15) is 0 Å². The molecule has 0 amide bonds. The normalized spacial score (nSPS) is 10.5. The van der Waals surface area contributed by atoms with Crippen molar-refractivity contribution in [2.45, 2.75) is 0 Å². The van der Waals surface area contributed by atoms with Gasteiger partial charge in [0.15, 0.2) is 0 Å². The number of rotatable bonds is 3. The van der Waals surface area contributed by atoms with E-state index in [-0.39, 0.29) is 0 Å². The van der Waals surface area contributed by atoms with E-state index in [2.05, 4.69) is 20.4 Å². The number of hydrogen-bond donors (Lipinski definition) is 0. The summed E-state index contributed by atoms with van der Waals surface area (Å²) in [7, 11) is 0. The standard InChI is InChI=1S/C20H14N4/c1-3-9-15(10-4-1)19-18(17-13-7-8-14-21-17)20(23-24-22-19)16-11-5-2-6-12-16/h1-14H. The van der Waals surface area contributed by atoms with Gasteiger partial charge in [-0.1, -0.05) is 66.7 Å². The van der Waals surface area contributed by atoms with Crippen molar-refractivity contribution in [3.8, 4) is 33.8 Å². The third-order valence-electron chi connectivity index (χ3n) is 3.78. The number of benzene rings is 2. The quantitative estimate of drug-likeness (QED) is 0.567. The van der Waals surface area contributed by atoms with Gasteiger partial charge in [-0.15, -0.1) is 10.2 Å². The molecule has 114 valence electrons. The van der Waals surface area contributed by atoms with Crippen LogP contribution in [0.15, 0.2) is 85.1 Å². The summed E-state index contributed by atoms with van der Waals surface area (Å²) in [6.07, 6.45) is 1.78. The second kappa shape index (κ2) is 6.38. The molecule has 0 radical (unpaired) electrons. The van der Waals surface area contributed by atoms with E-state index in [0.29, 0.717) is 0 Å². The van der Waals surface area contributed by atoms with Gasteiger partial charge >= 0.3 is 0 Å². The molecule has 0 saturated heterocycles. The largest absolute Gasteiger partial charge is 0.256 e. The fourth-order valence-electron chi connectivity index (χ4n) is 2.67. The first-order chi connectivity index (χ1) is 11.9. The minimum absolute atomic E-state index is 0.781. The van der Waals surface area contributed by atoms with Crippen molar-refractivity contribution in [3.63, 3.8) is 0 Å². The van der Waals surface area contributed by atoms with E-state index < -0.39 is 0 Å². The van der Waals surface area contributed by atoms with Gasteiger partial charge in [0.25, 0.3) is 0 Å². The van der Waals surface area contributed by atoms with Gasteiger partial charge in [-0.2, -0.15) is 0 Å². The summed E-state index contributed by atoms with van der Waals surface area (Å²) in [6.45, 7) is 0. The first-order valence-corrected chi connectivity index (χ1v) is 7.69. The number of aromatic nitrogens is 4. The smallest absolute Gasteiger partial charge is 0.106 e. The average molecular weight is 310 g/mol. The summed E-state index contributed by atoms with van der Waals surface area (Å²) in [5, 5.41) is 12.6. The zero-order chi connectivity index (χ0) is 16.2. The zero-order valence-electron chi connectivity index (χ0n) is 12.9. The van der Waals surface area contributed by atoms with Crippen LogP contribution in [-0.2, 0) is 0 Å². The highest BCUT2D eigenvalue weighted by atomic mass is 15.3. The lowest BCUT2D eigenvalue weighted by Gasteiger charge is -2.12. The molecule has 0 saturated carbocycles. The van der Waals surface area contributed by atoms with Crippen molar-refractivity contribution in [1.82, 2.24) is 20.4 Å². The molecule has 2 heterocycles. The van der Waals surface area contributed by atoms with E-state index >= 15 is 0 Å². The highest BCUT2D eigenvalue weighted by molar-refractivity contribution is 5.88. The van der Waals surface area contributed by atoms with Crippen LogP contribution in [0.4, 0.5) is 0 Å². The summed E-state index contributed by atoms with van der Waals surface area (Å²) in [5.74, 6) is 0. The van der Waals surface area contributed by atoms with Crippen LogP contribution >= 0.6 is 0 Å². The summed E-state index contributed by atoms with van der Waals surface area (Å²) < 4.78 is 0. The van der Waals surface area contributed by atoms with Gasteiger partial charge in [0.2, 0.25) is 0 Å². The van der Waals surface area contributed by atoms with Gasteiger partial charge in [0.05, 0.1) is 11.3 Å². The second-order valence-corrected chi connectivity index (χ2v) is 5.31. The molecule has 0 spiro atoms. The first kappa shape index (κ1) is 14.2. The fourth-order valence-corrected chi connectivity index (χ4v) is 2.67. The minimum atomic E-state index is 0.781. The number of hydrogen-bond acceptors (Lipinski definition) is 4. The van der Waals surface area contributed by atoms with Crippen LogP contribution in [0.2, 0.25) is 0 Å². The molecule has 0 aliphatic carbocycles. The van der Waals surface area contributed by atoms with Gasteiger partial charge < -0.3 is 0 Å². The molecule has 0 atom stereocenters. The van der Waals surface area contributed by atoms with Gasteiger partial charge in [-0.3, -0.25) is 4.98 Å². The lowest BCUT2D eigenvalue weighted by molar-refractivity contribution is 0.877. The molecule has 4 nitrogen and oxygen atoms in total. The Bertz CT molecular complexity index is 881. The molecule has 0 aliphatic heterocycles. The van der Waals surface area contributed by atoms with Crippen LogP contribution in [0, 0.1) is 0 Å². The summed E-state index contributed by atoms with van der Waals surface area (Å²) >= 11 is 0. The van der Waals surface area contributed by atoms with Crippen LogP contribution in [0.3, 0.4) is 0 Å². The Hall–Kier alpha value is -3.40. The predicted molar refractivity (Wildman–Crippen MR) is 93.9 cm³/mol. The van der Waals surface area contributed by atoms with Crippen LogP contribution in [0.1, 0.15) is 0 Å². The maximum Gasteiger partial charge on any atom is 0.106 e. The third kappa shape index (κ3) is 2.65. The van der Waals surface area contributed by atoms with Crippen LogP contribution in [0.5, 0.6) is 0 Å². The Kier molecular flexibility index (Phi) is 3.78. The molecule has 0 unspecified atom stereocenters. The number of nitrogens with zero attached hydrogens (tertiary/aromatic N) is 4. The van der Waals surface area contributed by atoms with Crippen molar-refractivity contribution in [2.24, 2.45) is 0 Å². The molecule has 4 aromatic rings. The monoisotopic (exact) mass is 310 g/mol. The first-order valence-electron chi connectivity index (χ1n) is 7.69. The Morgan fingerprint density at radius 3 is 1.58 bits per heavy atom. The lowest BCUT2D eigenvalue weighted by Crippen LogP contribution is -2.00. The van der Waals surface area contributed by atoms with E-state index in [4.69, 9.17) is 0 Å². The second-order valence-electron chi connectivity index (χ2n) is 5.31. The van der Waals surface area contributed by atoms with Crippen molar-refractivity contribution in [1.29, 1.82) is 0 Å². The van der Waals surface area contributed by atoms with Crippen molar-refractivity contribution < 1.29 is 0 Å². The molecule has 4 heteroatoms. The molecule has 0 bridgehead atoms. The topological polar surface area (TPSA) is 51.6 Å². The van der Waals surface area contributed by atoms with Crippen LogP contribution in [-0.4, -0.2) is 20.4 Å². The molecule has 4 rings (SSSR count). The summed E-state index contributed by atoms with van der Waals surface area (Å²) in [5.41, 5.74) is 5.27. The molecule has 0 aliphatic rings. The van der Waals surface area contributed by atoms with Gasteiger partial charge in [0, 0.05) is 17.3 Å². The van der Waals surface area contributed by atoms with Crippen molar-refractivity contribution >= 4 is 0 Å². The minimum Gasteiger partial charge on any atom is -0.256 e. The molecule has 0 fully saturated rings. The maximum atomic E-state index is 4.51. The SMILES string of the molecule is c1ccc(-c2nnnc(-c3ccccc3)c2-c2ccccn2)cc1. The van der Waals surface area contributed by atoms with Crippen LogP contribution < -0.4 is 0 Å². The van der Waals surface area contributed by atoms with Crippen LogP contribution in [0.25, 0.3) is 33.8 Å². The summed E-state index contributed by atoms with van der Waals surface area (Å²) in [4.78, 5) is 4.51. The predicted octanol–water partition coefficient (Wildman–Crippen LogP) is 4.27. The zero-order valence-corrected chi connectivity index (χ0v) is 12.9. The van der Waals surface area contributed by atoms with Crippen molar-refractivity contribution in [3.05, 3.63) is 85.1 Å². The Morgan fingerprint density at radius 2 is 1.08 bits per heavy atom. The fraction of sp³-hybridized carbons (Fsp3) is 0. The molecule has 2 aromatic carbocycles. The Morgan fingerprint density at radius 1 is 0.542 bits per heavy atom. The van der Waals surface area contributed by atoms with Gasteiger partial charge in [-0.05, 0) is 17.3 Å². The number of pyridine rings is 1. The molecule has 24 heavy (non-hydrogen) atoms. The molecule has 2 aromatic heterocycles. The lowest BCUT2D eigenvalue weighted by atomic mass is 9.98. The van der Waals surface area contributed by atoms with E-state index in [0.717, 1.165) is 33.8 Å². The molecule has 0 N–H and O–H groups in total. The third-order valence-corrected chi connectivity index (χ3v) is 3.78. The van der Waals surface area contributed by atoms with Gasteiger partial charge in [-0.25, -0.2) is 0 Å². The van der Waals surface area contributed by atoms with E-state index in [1.54, 1.807) is 6.20 Å². The molecular formula is C20H14N4. The Balaban J connectivity index is 2.02. The highest BCUT2D eigenvalue weighted by Crippen LogP contribution is 2.35. The highest BCUT2D eigenvalue weighted by Gasteiger charge is 2.18. The maximum absolute atomic E-state index is 4.51. The van der Waals surface area contributed by atoms with E-state index in [1.807, 2.05) is 78.9 Å². The average Bonchev–Trinajstić information content (AvgIpc) is 2.69. The van der Waals surface area contributed by atoms with Crippen molar-refractivity contribution in [2.75, 3.05) is 0 Å².